The zero-order valence-corrected chi connectivity index (χ0v) is 20.3. The summed E-state index contributed by atoms with van der Waals surface area (Å²) >= 11 is 0. The summed E-state index contributed by atoms with van der Waals surface area (Å²) in [5.74, 6) is -0.803. The summed E-state index contributed by atoms with van der Waals surface area (Å²) < 4.78 is 32.3. The summed E-state index contributed by atoms with van der Waals surface area (Å²) in [5, 5.41) is 14.5. The van der Waals surface area contributed by atoms with Crippen LogP contribution < -0.4 is 15.0 Å². The molecule has 0 radical (unpaired) electrons. The van der Waals surface area contributed by atoms with Gasteiger partial charge in [-0.15, -0.1) is 0 Å². The van der Waals surface area contributed by atoms with Crippen LogP contribution in [0.1, 0.15) is 19.3 Å². The molecular formula is C25H31F2N5O4. The number of nitrogens with zero attached hydrogens (tertiary/aromatic N) is 4. The number of piperidine rings is 1. The minimum atomic E-state index is -0.584. The highest BCUT2D eigenvalue weighted by molar-refractivity contribution is 5.76. The molecular weight excluding hydrogens is 472 g/mol. The van der Waals surface area contributed by atoms with Crippen molar-refractivity contribution < 1.29 is 23.2 Å². The Morgan fingerprint density at radius 1 is 1.08 bits per heavy atom. The van der Waals surface area contributed by atoms with Gasteiger partial charge < -0.3 is 19.9 Å². The van der Waals surface area contributed by atoms with Gasteiger partial charge in [-0.2, -0.15) is 0 Å². The minimum Gasteiger partial charge on any atom is -0.490 e. The third-order valence-corrected chi connectivity index (χ3v) is 6.86. The molecule has 2 saturated heterocycles. The summed E-state index contributed by atoms with van der Waals surface area (Å²) in [6.07, 6.45) is 2.00. The number of rotatable bonds is 8. The summed E-state index contributed by atoms with van der Waals surface area (Å²) in [5.41, 5.74) is 1.09. The van der Waals surface area contributed by atoms with Crippen LogP contribution in [0.5, 0.6) is 5.75 Å². The Hall–Kier alpha value is -3.47. The van der Waals surface area contributed by atoms with E-state index in [4.69, 9.17) is 4.74 Å². The van der Waals surface area contributed by atoms with Gasteiger partial charge in [0.05, 0.1) is 17.7 Å². The fraction of sp³-hybridized carbons (Fsp3) is 0.480. The van der Waals surface area contributed by atoms with Gasteiger partial charge >= 0.3 is 5.69 Å². The summed E-state index contributed by atoms with van der Waals surface area (Å²) in [7, 11) is 1.40. The molecule has 0 bridgehead atoms. The molecule has 36 heavy (non-hydrogen) atoms. The van der Waals surface area contributed by atoms with Crippen LogP contribution in [0.2, 0.25) is 0 Å². The number of nitrogens with one attached hydrogen (secondary N) is 1. The van der Waals surface area contributed by atoms with Gasteiger partial charge in [0.25, 0.3) is 0 Å². The van der Waals surface area contributed by atoms with Crippen LogP contribution in [0.4, 0.5) is 25.8 Å². The first kappa shape index (κ1) is 25.6. The molecule has 1 N–H and O–H groups in total. The number of amides is 1. The van der Waals surface area contributed by atoms with E-state index in [2.05, 4.69) is 10.2 Å². The summed E-state index contributed by atoms with van der Waals surface area (Å²) in [6, 6.07) is 8.53. The van der Waals surface area contributed by atoms with E-state index in [1.807, 2.05) is 9.80 Å². The number of anilines is 2. The average Bonchev–Trinajstić information content (AvgIpc) is 2.88. The van der Waals surface area contributed by atoms with Crippen LogP contribution in [0.15, 0.2) is 36.4 Å². The molecule has 9 nitrogen and oxygen atoms in total. The number of benzene rings is 2. The van der Waals surface area contributed by atoms with Gasteiger partial charge in [-0.25, -0.2) is 8.78 Å². The minimum absolute atomic E-state index is 0.0764. The van der Waals surface area contributed by atoms with Crippen LogP contribution in [0, 0.1) is 21.7 Å². The van der Waals surface area contributed by atoms with Crippen LogP contribution in [-0.4, -0.2) is 79.6 Å². The molecule has 2 heterocycles. The molecule has 0 spiro atoms. The summed E-state index contributed by atoms with van der Waals surface area (Å²) in [4.78, 5) is 29.3. The van der Waals surface area contributed by atoms with Gasteiger partial charge in [0.1, 0.15) is 11.6 Å². The van der Waals surface area contributed by atoms with Crippen molar-refractivity contribution in [2.24, 2.45) is 0 Å². The molecule has 2 aromatic rings. The molecule has 0 unspecified atom stereocenters. The molecule has 4 rings (SSSR count). The predicted octanol–water partition coefficient (Wildman–Crippen LogP) is 3.50. The standard InChI is InChI=1S/C25H31F2N5O4/c1-36-24-17-20(3-5-23(24)32(34)35)28-19-6-10-31(11-7-19)25(33)8-9-29-12-14-30(15-13-29)22-4-2-18(26)16-21(22)27/h2-5,16-17,19,28H,6-15H2,1H3. The van der Waals surface area contributed by atoms with Crippen molar-refractivity contribution in [1.82, 2.24) is 9.80 Å². The van der Waals surface area contributed by atoms with Gasteiger partial charge in [-0.1, -0.05) is 0 Å². The number of carbonyl (C=O) groups is 1. The number of halogens is 2. The Bertz CT molecular complexity index is 1090. The van der Waals surface area contributed by atoms with Gasteiger partial charge in [0.2, 0.25) is 5.91 Å². The Morgan fingerprint density at radius 3 is 2.44 bits per heavy atom. The van der Waals surface area contributed by atoms with Crippen molar-refractivity contribution in [2.45, 2.75) is 25.3 Å². The zero-order valence-electron chi connectivity index (χ0n) is 20.3. The van der Waals surface area contributed by atoms with Crippen molar-refractivity contribution in [1.29, 1.82) is 0 Å². The normalized spacial score (nSPS) is 17.2. The van der Waals surface area contributed by atoms with Crippen molar-refractivity contribution in [3.63, 3.8) is 0 Å². The second kappa shape index (κ2) is 11.5. The number of hydrogen-bond donors (Lipinski definition) is 1. The van der Waals surface area contributed by atoms with Crippen molar-refractivity contribution in [2.75, 3.05) is 63.1 Å². The van der Waals surface area contributed by atoms with E-state index in [1.54, 1.807) is 12.1 Å². The molecule has 2 aromatic carbocycles. The maximum absolute atomic E-state index is 14.0. The fourth-order valence-corrected chi connectivity index (χ4v) is 4.79. The van der Waals surface area contributed by atoms with Crippen molar-refractivity contribution >= 4 is 23.0 Å². The predicted molar refractivity (Wildman–Crippen MR) is 133 cm³/mol. The largest absolute Gasteiger partial charge is 0.490 e. The molecule has 11 heteroatoms. The molecule has 0 aromatic heterocycles. The van der Waals surface area contributed by atoms with Gasteiger partial charge in [0, 0.05) is 82.2 Å². The van der Waals surface area contributed by atoms with E-state index < -0.39 is 16.6 Å². The first-order valence-electron chi connectivity index (χ1n) is 12.1. The maximum atomic E-state index is 14.0. The highest BCUT2D eigenvalue weighted by Gasteiger charge is 2.25. The van der Waals surface area contributed by atoms with E-state index in [0.717, 1.165) is 37.7 Å². The smallest absolute Gasteiger partial charge is 0.311 e. The lowest BCUT2D eigenvalue weighted by molar-refractivity contribution is -0.385. The average molecular weight is 504 g/mol. The van der Waals surface area contributed by atoms with Crippen LogP contribution in [-0.2, 0) is 4.79 Å². The summed E-state index contributed by atoms with van der Waals surface area (Å²) in [6.45, 7) is 4.64. The molecule has 0 saturated carbocycles. The number of nitro benzene ring substituents is 1. The first-order valence-corrected chi connectivity index (χ1v) is 12.1. The van der Waals surface area contributed by atoms with Crippen molar-refractivity contribution in [3.8, 4) is 5.75 Å². The second-order valence-electron chi connectivity index (χ2n) is 9.12. The van der Waals surface area contributed by atoms with Crippen molar-refractivity contribution in [3.05, 3.63) is 58.1 Å². The SMILES string of the molecule is COc1cc(NC2CCN(C(=O)CCN3CCN(c4ccc(F)cc4F)CC3)CC2)ccc1[N+](=O)[O-]. The lowest BCUT2D eigenvalue weighted by atomic mass is 10.0. The van der Waals surface area contributed by atoms with Gasteiger partial charge in [0.15, 0.2) is 5.75 Å². The molecule has 1 amide bonds. The monoisotopic (exact) mass is 503 g/mol. The first-order chi connectivity index (χ1) is 17.3. The van der Waals surface area contributed by atoms with E-state index in [0.29, 0.717) is 44.8 Å². The molecule has 194 valence electrons. The third kappa shape index (κ3) is 6.20. The number of methoxy groups -OCH3 is 1. The number of nitro groups is 1. The highest BCUT2D eigenvalue weighted by Crippen LogP contribution is 2.30. The fourth-order valence-electron chi connectivity index (χ4n) is 4.79. The second-order valence-corrected chi connectivity index (χ2v) is 9.12. The quantitative estimate of drug-likeness (QED) is 0.436. The van der Waals surface area contributed by atoms with Gasteiger partial charge in [-0.05, 0) is 31.0 Å². The Labute approximate surface area is 208 Å². The Balaban J connectivity index is 1.18. The number of ether oxygens (including phenoxy) is 1. The number of piperazine rings is 1. The van der Waals surface area contributed by atoms with Gasteiger partial charge in [-0.3, -0.25) is 19.8 Å². The molecule has 2 aliphatic heterocycles. The highest BCUT2D eigenvalue weighted by atomic mass is 19.1. The number of hydrogen-bond acceptors (Lipinski definition) is 7. The molecule has 0 atom stereocenters. The lowest BCUT2D eigenvalue weighted by Crippen LogP contribution is -2.48. The number of likely N-dealkylation sites (tertiary alicyclic amines) is 1. The number of carbonyl (C=O) groups excluding carboxylic acids is 1. The molecule has 2 aliphatic rings. The van der Waals surface area contributed by atoms with Crippen LogP contribution in [0.3, 0.4) is 0 Å². The van der Waals surface area contributed by atoms with E-state index in [1.165, 1.54) is 25.3 Å². The topological polar surface area (TPSA) is 91.2 Å². The lowest BCUT2D eigenvalue weighted by Gasteiger charge is -2.37. The van der Waals surface area contributed by atoms with E-state index >= 15 is 0 Å². The molecule has 0 aliphatic carbocycles. The zero-order chi connectivity index (χ0) is 25.7. The van der Waals surface area contributed by atoms with E-state index in [-0.39, 0.29) is 23.4 Å². The molecule has 2 fully saturated rings. The maximum Gasteiger partial charge on any atom is 0.311 e. The Morgan fingerprint density at radius 2 is 1.81 bits per heavy atom. The Kier molecular flexibility index (Phi) is 8.19. The van der Waals surface area contributed by atoms with Crippen LogP contribution in [0.25, 0.3) is 0 Å². The van der Waals surface area contributed by atoms with E-state index in [9.17, 15) is 23.7 Å². The third-order valence-electron chi connectivity index (χ3n) is 6.86. The van der Waals surface area contributed by atoms with Crippen LogP contribution >= 0.6 is 0 Å².